The summed E-state index contributed by atoms with van der Waals surface area (Å²) in [6, 6.07) is 21.6. The number of hydrogen-bond donors (Lipinski definition) is 0. The molecule has 0 aliphatic rings. The van der Waals surface area contributed by atoms with Crippen LogP contribution in [0.2, 0.25) is 0 Å². The Labute approximate surface area is 136 Å². The lowest BCUT2D eigenvalue weighted by Gasteiger charge is -2.03. The van der Waals surface area contributed by atoms with Crippen LogP contribution < -0.4 is 0 Å². The minimum Gasteiger partial charge on any atom is -0.196 e. The predicted octanol–water partition coefficient (Wildman–Crippen LogP) is 4.05. The summed E-state index contributed by atoms with van der Waals surface area (Å²) < 4.78 is 0. The second kappa shape index (κ2) is 7.07. The molecule has 0 unspecified atom stereocenters. The Morgan fingerprint density at radius 2 is 1.14 bits per heavy atom. The maximum Gasteiger partial charge on any atom is 0.237 e. The highest BCUT2D eigenvalue weighted by Crippen LogP contribution is 2.28. The summed E-state index contributed by atoms with van der Waals surface area (Å²) in [5, 5.41) is 10.1. The zero-order valence-corrected chi connectivity index (χ0v) is 13.0. The van der Waals surface area contributed by atoms with Crippen LogP contribution in [0.5, 0.6) is 0 Å². The first-order chi connectivity index (χ1) is 10.8. The Morgan fingerprint density at radius 1 is 0.682 bits per heavy atom. The van der Waals surface area contributed by atoms with Gasteiger partial charge in [0, 0.05) is 9.79 Å². The van der Waals surface area contributed by atoms with Crippen molar-refractivity contribution in [3.8, 4) is 6.07 Å². The van der Waals surface area contributed by atoms with Crippen molar-refractivity contribution in [1.82, 2.24) is 15.0 Å². The third-order valence-corrected chi connectivity index (χ3v) is 4.35. The van der Waals surface area contributed by atoms with Gasteiger partial charge in [0.1, 0.15) is 6.07 Å². The maximum atomic E-state index is 9.10. The van der Waals surface area contributed by atoms with Gasteiger partial charge in [-0.3, -0.25) is 0 Å². The van der Waals surface area contributed by atoms with Crippen molar-refractivity contribution in [3.63, 3.8) is 0 Å². The van der Waals surface area contributed by atoms with Crippen molar-refractivity contribution in [2.45, 2.75) is 20.1 Å². The highest BCUT2D eigenvalue weighted by Gasteiger charge is 2.09. The van der Waals surface area contributed by atoms with E-state index in [2.05, 4.69) is 15.0 Å². The molecule has 4 nitrogen and oxygen atoms in total. The summed E-state index contributed by atoms with van der Waals surface area (Å²) in [5.41, 5.74) is 0. The molecule has 3 rings (SSSR count). The molecular weight excluding hydrogens is 312 g/mol. The number of hydrogen-bond acceptors (Lipinski definition) is 6. The monoisotopic (exact) mass is 322 g/mol. The molecule has 0 saturated carbocycles. The Kier molecular flexibility index (Phi) is 4.68. The Hall–Kier alpha value is -2.36. The summed E-state index contributed by atoms with van der Waals surface area (Å²) in [7, 11) is 0. The molecule has 3 aromatic rings. The predicted molar refractivity (Wildman–Crippen MR) is 85.7 cm³/mol. The molecule has 0 bridgehead atoms. The zero-order chi connectivity index (χ0) is 15.2. The highest BCUT2D eigenvalue weighted by molar-refractivity contribution is 7.99. The molecule has 0 fully saturated rings. The molecule has 0 aliphatic heterocycles. The van der Waals surface area contributed by atoms with E-state index in [0.29, 0.717) is 10.3 Å². The van der Waals surface area contributed by atoms with Gasteiger partial charge in [-0.25, -0.2) is 0 Å². The van der Waals surface area contributed by atoms with Crippen LogP contribution in [0.25, 0.3) is 0 Å². The number of nitriles is 1. The topological polar surface area (TPSA) is 62.5 Å². The van der Waals surface area contributed by atoms with Crippen molar-refractivity contribution in [1.29, 1.82) is 5.26 Å². The second-order valence-electron chi connectivity index (χ2n) is 4.17. The quantitative estimate of drug-likeness (QED) is 0.722. The van der Waals surface area contributed by atoms with E-state index in [0.717, 1.165) is 9.79 Å². The van der Waals surface area contributed by atoms with Crippen LogP contribution in [0.3, 0.4) is 0 Å². The molecule has 2 aromatic carbocycles. The molecule has 1 heterocycles. The van der Waals surface area contributed by atoms with Crippen LogP contribution in [0.4, 0.5) is 0 Å². The normalized spacial score (nSPS) is 10.1. The van der Waals surface area contributed by atoms with Crippen molar-refractivity contribution in [2.24, 2.45) is 0 Å². The number of rotatable bonds is 4. The highest BCUT2D eigenvalue weighted by atomic mass is 32.2. The first-order valence-electron chi connectivity index (χ1n) is 6.45. The third kappa shape index (κ3) is 3.85. The molecule has 6 heteroatoms. The fraction of sp³-hybridized carbons (Fsp3) is 0. The molecule has 22 heavy (non-hydrogen) atoms. The molecular formula is C16H10N4S2. The zero-order valence-electron chi connectivity index (χ0n) is 11.4. The average molecular weight is 322 g/mol. The van der Waals surface area contributed by atoms with Crippen LogP contribution in [-0.4, -0.2) is 15.0 Å². The van der Waals surface area contributed by atoms with Crippen molar-refractivity contribution in [3.05, 3.63) is 66.5 Å². The standard InChI is InChI=1S/C16H10N4S2/c17-11-14-18-15(21-12-7-3-1-4-8-12)20-16(19-14)22-13-9-5-2-6-10-13/h1-10H. The van der Waals surface area contributed by atoms with Gasteiger partial charge in [0.2, 0.25) is 5.82 Å². The van der Waals surface area contributed by atoms with Crippen LogP contribution in [0.1, 0.15) is 5.82 Å². The first-order valence-corrected chi connectivity index (χ1v) is 8.09. The van der Waals surface area contributed by atoms with Gasteiger partial charge >= 0.3 is 0 Å². The van der Waals surface area contributed by atoms with Gasteiger partial charge in [-0.2, -0.15) is 20.2 Å². The number of nitrogens with zero attached hydrogens (tertiary/aromatic N) is 4. The van der Waals surface area contributed by atoms with Gasteiger partial charge in [-0.05, 0) is 47.8 Å². The van der Waals surface area contributed by atoms with Gasteiger partial charge in [0.25, 0.3) is 0 Å². The lowest BCUT2D eigenvalue weighted by atomic mass is 10.4. The van der Waals surface area contributed by atoms with Gasteiger partial charge < -0.3 is 0 Å². The second-order valence-corrected chi connectivity index (χ2v) is 6.25. The van der Waals surface area contributed by atoms with Gasteiger partial charge in [0.15, 0.2) is 10.3 Å². The minimum absolute atomic E-state index is 0.131. The van der Waals surface area contributed by atoms with E-state index in [9.17, 15) is 0 Å². The molecule has 0 radical (unpaired) electrons. The van der Waals surface area contributed by atoms with Crippen LogP contribution in [0, 0.1) is 11.3 Å². The summed E-state index contributed by atoms with van der Waals surface area (Å²) >= 11 is 2.83. The molecule has 0 amide bonds. The minimum atomic E-state index is 0.131. The summed E-state index contributed by atoms with van der Waals surface area (Å²) in [4.78, 5) is 14.8. The SMILES string of the molecule is N#Cc1nc(Sc2ccccc2)nc(Sc2ccccc2)n1. The summed E-state index contributed by atoms with van der Waals surface area (Å²) in [5.74, 6) is 0.131. The largest absolute Gasteiger partial charge is 0.237 e. The number of aromatic nitrogens is 3. The first kappa shape index (κ1) is 14.6. The fourth-order valence-electron chi connectivity index (χ4n) is 1.67. The maximum absolute atomic E-state index is 9.10. The molecule has 0 saturated heterocycles. The average Bonchev–Trinajstić information content (AvgIpc) is 2.56. The van der Waals surface area contributed by atoms with Gasteiger partial charge in [-0.15, -0.1) is 0 Å². The number of benzene rings is 2. The van der Waals surface area contributed by atoms with Crippen LogP contribution in [-0.2, 0) is 0 Å². The van der Waals surface area contributed by atoms with Crippen molar-refractivity contribution >= 4 is 23.5 Å². The molecule has 1 aromatic heterocycles. The van der Waals surface area contributed by atoms with Crippen LogP contribution in [0.15, 0.2) is 80.8 Å². The Morgan fingerprint density at radius 3 is 1.55 bits per heavy atom. The Bertz CT molecular complexity index is 742. The smallest absolute Gasteiger partial charge is 0.196 e. The summed E-state index contributed by atoms with van der Waals surface area (Å²) in [6.45, 7) is 0. The van der Waals surface area contributed by atoms with Gasteiger partial charge in [-0.1, -0.05) is 36.4 Å². The Balaban J connectivity index is 1.88. The van der Waals surface area contributed by atoms with Crippen LogP contribution >= 0.6 is 23.5 Å². The molecule has 0 atom stereocenters. The summed E-state index contributed by atoms with van der Waals surface area (Å²) in [6.07, 6.45) is 0. The van der Waals surface area contributed by atoms with E-state index in [-0.39, 0.29) is 5.82 Å². The van der Waals surface area contributed by atoms with E-state index >= 15 is 0 Å². The van der Waals surface area contributed by atoms with E-state index < -0.39 is 0 Å². The van der Waals surface area contributed by atoms with E-state index in [4.69, 9.17) is 5.26 Å². The van der Waals surface area contributed by atoms with E-state index in [1.807, 2.05) is 66.7 Å². The molecule has 0 aliphatic carbocycles. The molecule has 0 spiro atoms. The lowest BCUT2D eigenvalue weighted by molar-refractivity contribution is 0.786. The van der Waals surface area contributed by atoms with Crippen molar-refractivity contribution in [2.75, 3.05) is 0 Å². The van der Waals surface area contributed by atoms with Gasteiger partial charge in [0.05, 0.1) is 0 Å². The van der Waals surface area contributed by atoms with E-state index in [1.54, 1.807) is 0 Å². The molecule has 106 valence electrons. The fourth-order valence-corrected chi connectivity index (χ4v) is 3.26. The lowest BCUT2D eigenvalue weighted by Crippen LogP contribution is -1.98. The molecule has 0 N–H and O–H groups in total. The van der Waals surface area contributed by atoms with E-state index in [1.165, 1.54) is 23.5 Å². The third-order valence-electron chi connectivity index (χ3n) is 2.60. The van der Waals surface area contributed by atoms with Crippen molar-refractivity contribution < 1.29 is 0 Å².